The van der Waals surface area contributed by atoms with Crippen molar-refractivity contribution >= 4 is 22.8 Å². The first-order valence-electron chi connectivity index (χ1n) is 14.1. The molecule has 1 N–H and O–H groups in total. The number of carboxylic acid groups (broad SMARTS) is 1. The molecule has 1 aliphatic heterocycles. The Morgan fingerprint density at radius 1 is 0.952 bits per heavy atom. The summed E-state index contributed by atoms with van der Waals surface area (Å²) in [6, 6.07) is 14.7. The molecule has 1 aliphatic rings. The number of ether oxygens (including phenoxy) is 2. The molecule has 0 aliphatic carbocycles. The molecule has 0 saturated carbocycles. The molecule has 0 unspecified atom stereocenters. The van der Waals surface area contributed by atoms with Crippen molar-refractivity contribution in [2.24, 2.45) is 0 Å². The van der Waals surface area contributed by atoms with Crippen molar-refractivity contribution < 1.29 is 37.3 Å². The van der Waals surface area contributed by atoms with Crippen LogP contribution >= 0.6 is 0 Å². The second-order valence-electron chi connectivity index (χ2n) is 12.5. The lowest BCUT2D eigenvalue weighted by atomic mass is 9.86. The Morgan fingerprint density at radius 3 is 2.07 bits per heavy atom. The summed E-state index contributed by atoms with van der Waals surface area (Å²) < 4.78 is 53.0. The van der Waals surface area contributed by atoms with Gasteiger partial charge >= 0.3 is 12.3 Å². The number of benzene rings is 2. The summed E-state index contributed by atoms with van der Waals surface area (Å²) in [6.45, 7) is 10.1. The number of halogens is 3. The predicted molar refractivity (Wildman–Crippen MR) is 154 cm³/mol. The Bertz CT molecular complexity index is 1410. The number of para-hydroxylation sites is 1. The minimum atomic E-state index is -4.93. The number of nitrogens with zero attached hydrogens (tertiary/aromatic N) is 2. The topological polar surface area (TPSA) is 81.0 Å². The Hall–Kier alpha value is -3.37. The predicted octanol–water partition coefficient (Wildman–Crippen LogP) is 7.25. The van der Waals surface area contributed by atoms with Gasteiger partial charge in [0.05, 0.1) is 24.3 Å². The lowest BCUT2D eigenvalue weighted by Crippen LogP contribution is -2.67. The van der Waals surface area contributed by atoms with Gasteiger partial charge in [-0.15, -0.1) is 0 Å². The van der Waals surface area contributed by atoms with E-state index in [1.165, 1.54) is 17.2 Å². The van der Waals surface area contributed by atoms with Crippen molar-refractivity contribution in [3.63, 3.8) is 0 Å². The number of aryl methyl sites for hydroxylation is 3. The highest BCUT2D eigenvalue weighted by Gasteiger charge is 2.50. The molecule has 2 aromatic carbocycles. The highest BCUT2D eigenvalue weighted by molar-refractivity contribution is 6.10. The smallest absolute Gasteiger partial charge is 0.454 e. The summed E-state index contributed by atoms with van der Waals surface area (Å²) in [5, 5.41) is 10.4. The molecular formula is C32H39F3N2O5. The van der Waals surface area contributed by atoms with Crippen molar-refractivity contribution in [1.29, 1.82) is 0 Å². The van der Waals surface area contributed by atoms with Gasteiger partial charge in [-0.05, 0) is 77.5 Å². The number of amides is 1. The van der Waals surface area contributed by atoms with Gasteiger partial charge < -0.3 is 19.1 Å². The van der Waals surface area contributed by atoms with E-state index in [0.29, 0.717) is 43.1 Å². The summed E-state index contributed by atoms with van der Waals surface area (Å²) in [7, 11) is 0. The summed E-state index contributed by atoms with van der Waals surface area (Å²) in [6.07, 6.45) is -2.13. The quantitative estimate of drug-likeness (QED) is 0.266. The molecule has 7 nitrogen and oxygen atoms in total. The van der Waals surface area contributed by atoms with Crippen molar-refractivity contribution in [3.8, 4) is 0 Å². The highest BCUT2D eigenvalue weighted by Crippen LogP contribution is 2.36. The van der Waals surface area contributed by atoms with Crippen LogP contribution in [0.5, 0.6) is 0 Å². The molecule has 3 aromatic rings. The Labute approximate surface area is 244 Å². The lowest BCUT2D eigenvalue weighted by molar-refractivity contribution is -0.289. The monoisotopic (exact) mass is 588 g/mol. The van der Waals surface area contributed by atoms with Gasteiger partial charge in [0, 0.05) is 29.2 Å². The molecule has 0 bridgehead atoms. The summed E-state index contributed by atoms with van der Waals surface area (Å²) >= 11 is 0. The average molecular weight is 589 g/mol. The Balaban J connectivity index is 1.41. The van der Waals surface area contributed by atoms with E-state index >= 15 is 0 Å². The van der Waals surface area contributed by atoms with Crippen LogP contribution in [0.3, 0.4) is 0 Å². The Morgan fingerprint density at radius 2 is 1.52 bits per heavy atom. The second-order valence-corrected chi connectivity index (χ2v) is 12.5. The molecule has 4 rings (SSSR count). The van der Waals surface area contributed by atoms with E-state index in [2.05, 4.69) is 0 Å². The first kappa shape index (κ1) is 31.6. The molecule has 228 valence electrons. The number of fused-ring (bicyclic) bond motifs is 1. The van der Waals surface area contributed by atoms with Gasteiger partial charge in [-0.2, -0.15) is 13.2 Å². The van der Waals surface area contributed by atoms with Crippen molar-refractivity contribution in [2.45, 2.75) is 89.9 Å². The van der Waals surface area contributed by atoms with Crippen LogP contribution in [0.25, 0.3) is 10.9 Å². The minimum absolute atomic E-state index is 0.228. The standard InChI is InChI=1S/C32H39F3N2O5/c1-29(2,3)37(28(39)40)31(20-41-30(4,5)42-21-31)17-16-23-14-12-22(13-15-23)9-8-18-36-19-25(27(38)32(33,34)35)24-10-6-7-11-26(24)36/h6-7,10-15,19H,8-9,16-18,20-21H2,1-5H3,(H,39,40). The number of ketones is 1. The van der Waals surface area contributed by atoms with E-state index < -0.39 is 34.9 Å². The SMILES string of the molecule is CC1(C)OCC(CCc2ccc(CCCn3cc(C(=O)C(F)(F)F)c4ccccc43)cc2)(N(C(=O)O)C(C)(C)C)CO1. The largest absolute Gasteiger partial charge is 0.465 e. The molecule has 10 heteroatoms. The number of Topliss-reactive ketones (excluding diaryl/α,β-unsaturated/α-hetero) is 1. The first-order valence-corrected chi connectivity index (χ1v) is 14.1. The van der Waals surface area contributed by atoms with E-state index in [-0.39, 0.29) is 18.8 Å². The van der Waals surface area contributed by atoms with Crippen LogP contribution in [0, 0.1) is 0 Å². The number of carbonyl (C=O) groups is 2. The van der Waals surface area contributed by atoms with Crippen LogP contribution in [0.15, 0.2) is 54.7 Å². The fourth-order valence-electron chi connectivity index (χ4n) is 5.75. The normalized spacial score (nSPS) is 16.9. The average Bonchev–Trinajstić information content (AvgIpc) is 3.26. The summed E-state index contributed by atoms with van der Waals surface area (Å²) in [4.78, 5) is 25.8. The van der Waals surface area contributed by atoms with Gasteiger partial charge in [0.15, 0.2) is 5.79 Å². The maximum atomic E-state index is 13.1. The van der Waals surface area contributed by atoms with E-state index in [0.717, 1.165) is 11.1 Å². The molecule has 1 saturated heterocycles. The van der Waals surface area contributed by atoms with Crippen LogP contribution in [0.1, 0.15) is 68.9 Å². The maximum absolute atomic E-state index is 13.1. The molecule has 0 radical (unpaired) electrons. The third kappa shape index (κ3) is 6.98. The van der Waals surface area contributed by atoms with Crippen LogP contribution in [-0.2, 0) is 28.9 Å². The molecule has 42 heavy (non-hydrogen) atoms. The van der Waals surface area contributed by atoms with Gasteiger partial charge in [0.2, 0.25) is 0 Å². The van der Waals surface area contributed by atoms with Gasteiger partial charge in [-0.25, -0.2) is 4.79 Å². The fourth-order valence-corrected chi connectivity index (χ4v) is 5.75. The van der Waals surface area contributed by atoms with Crippen LogP contribution in [0.2, 0.25) is 0 Å². The number of rotatable bonds is 9. The molecule has 1 fully saturated rings. The molecule has 0 spiro atoms. The van der Waals surface area contributed by atoms with Gasteiger partial charge in [-0.1, -0.05) is 42.5 Å². The number of aromatic nitrogens is 1. The number of alkyl halides is 3. The van der Waals surface area contributed by atoms with E-state index in [4.69, 9.17) is 9.47 Å². The lowest BCUT2D eigenvalue weighted by Gasteiger charge is -2.53. The van der Waals surface area contributed by atoms with E-state index in [9.17, 15) is 27.9 Å². The van der Waals surface area contributed by atoms with Crippen LogP contribution in [0.4, 0.5) is 18.0 Å². The zero-order valence-electron chi connectivity index (χ0n) is 24.8. The molecular weight excluding hydrogens is 549 g/mol. The fraction of sp³-hybridized carbons (Fsp3) is 0.500. The first-order chi connectivity index (χ1) is 19.5. The van der Waals surface area contributed by atoms with Crippen LogP contribution < -0.4 is 0 Å². The third-order valence-electron chi connectivity index (χ3n) is 7.77. The molecule has 1 aromatic heterocycles. The van der Waals surface area contributed by atoms with E-state index in [1.807, 2.05) is 58.9 Å². The third-order valence-corrected chi connectivity index (χ3v) is 7.77. The Kier molecular flexibility index (Phi) is 8.81. The molecule has 2 heterocycles. The zero-order chi connectivity index (χ0) is 30.9. The minimum Gasteiger partial charge on any atom is -0.465 e. The van der Waals surface area contributed by atoms with Gasteiger partial charge in [0.1, 0.15) is 0 Å². The van der Waals surface area contributed by atoms with Gasteiger partial charge in [0.25, 0.3) is 5.78 Å². The van der Waals surface area contributed by atoms with Crippen LogP contribution in [-0.4, -0.2) is 62.7 Å². The molecule has 1 amide bonds. The maximum Gasteiger partial charge on any atom is 0.454 e. The summed E-state index contributed by atoms with van der Waals surface area (Å²) in [5.41, 5.74) is 0.892. The molecule has 0 atom stereocenters. The van der Waals surface area contributed by atoms with Gasteiger partial charge in [-0.3, -0.25) is 9.69 Å². The van der Waals surface area contributed by atoms with Crippen molar-refractivity contribution in [1.82, 2.24) is 9.47 Å². The number of hydrogen-bond donors (Lipinski definition) is 1. The zero-order valence-corrected chi connectivity index (χ0v) is 24.8. The summed E-state index contributed by atoms with van der Waals surface area (Å²) in [5.74, 6) is -2.62. The number of carbonyl (C=O) groups excluding carboxylic acids is 1. The second kappa shape index (κ2) is 11.7. The van der Waals surface area contributed by atoms with Crippen molar-refractivity contribution in [3.05, 3.63) is 71.4 Å². The van der Waals surface area contributed by atoms with Crippen molar-refractivity contribution in [2.75, 3.05) is 13.2 Å². The number of hydrogen-bond acceptors (Lipinski definition) is 4. The highest BCUT2D eigenvalue weighted by atomic mass is 19.4. The van der Waals surface area contributed by atoms with E-state index in [1.54, 1.807) is 22.8 Å².